The largest absolute Gasteiger partial charge is 0.338 e. The van der Waals surface area contributed by atoms with Crippen LogP contribution in [0.2, 0.25) is 5.02 Å². The van der Waals surface area contributed by atoms with Crippen molar-refractivity contribution in [2.45, 2.75) is 31.7 Å². The summed E-state index contributed by atoms with van der Waals surface area (Å²) in [5, 5.41) is 6.09. The van der Waals surface area contributed by atoms with Crippen molar-refractivity contribution in [3.63, 3.8) is 0 Å². The SMILES string of the molecule is O=C(c1sccc1Cl)N1CCC(NCC2CC2)CC1. The molecular weight excluding hydrogens is 280 g/mol. The van der Waals surface area contributed by atoms with Gasteiger partial charge in [-0.2, -0.15) is 0 Å². The highest BCUT2D eigenvalue weighted by Gasteiger charge is 2.27. The molecule has 1 amide bonds. The third-order valence-electron chi connectivity index (χ3n) is 3.99. The Bertz CT molecular complexity index is 450. The first-order chi connectivity index (χ1) is 9.24. The molecule has 0 unspecified atom stereocenters. The van der Waals surface area contributed by atoms with Crippen LogP contribution in [0.15, 0.2) is 11.4 Å². The topological polar surface area (TPSA) is 32.3 Å². The van der Waals surface area contributed by atoms with Gasteiger partial charge in [0, 0.05) is 19.1 Å². The smallest absolute Gasteiger partial charge is 0.265 e. The minimum Gasteiger partial charge on any atom is -0.338 e. The van der Waals surface area contributed by atoms with Gasteiger partial charge in [-0.3, -0.25) is 4.79 Å². The van der Waals surface area contributed by atoms with Gasteiger partial charge in [0.15, 0.2) is 0 Å². The molecule has 3 rings (SSSR count). The molecule has 1 aromatic rings. The summed E-state index contributed by atoms with van der Waals surface area (Å²) in [6, 6.07) is 2.38. The fourth-order valence-electron chi connectivity index (χ4n) is 2.53. The van der Waals surface area contributed by atoms with E-state index in [1.54, 1.807) is 6.07 Å². The van der Waals surface area contributed by atoms with Crippen LogP contribution < -0.4 is 5.32 Å². The van der Waals surface area contributed by atoms with E-state index in [1.165, 1.54) is 24.2 Å². The Morgan fingerprint density at radius 1 is 1.37 bits per heavy atom. The van der Waals surface area contributed by atoms with Crippen LogP contribution in [0.3, 0.4) is 0 Å². The summed E-state index contributed by atoms with van der Waals surface area (Å²) in [7, 11) is 0. The highest BCUT2D eigenvalue weighted by molar-refractivity contribution is 7.12. The summed E-state index contributed by atoms with van der Waals surface area (Å²) < 4.78 is 0. The number of piperidine rings is 1. The van der Waals surface area contributed by atoms with E-state index < -0.39 is 0 Å². The molecule has 0 spiro atoms. The molecule has 19 heavy (non-hydrogen) atoms. The van der Waals surface area contributed by atoms with Gasteiger partial charge in [0.1, 0.15) is 4.88 Å². The number of carbonyl (C=O) groups excluding carboxylic acids is 1. The number of rotatable bonds is 4. The zero-order valence-electron chi connectivity index (χ0n) is 10.9. The molecule has 1 N–H and O–H groups in total. The van der Waals surface area contributed by atoms with Crippen LogP contribution in [0.4, 0.5) is 0 Å². The zero-order valence-corrected chi connectivity index (χ0v) is 12.5. The van der Waals surface area contributed by atoms with Crippen molar-refractivity contribution in [3.8, 4) is 0 Å². The highest BCUT2D eigenvalue weighted by atomic mass is 35.5. The third-order valence-corrected chi connectivity index (χ3v) is 5.32. The molecule has 2 heterocycles. The molecule has 0 radical (unpaired) electrons. The van der Waals surface area contributed by atoms with Crippen molar-refractivity contribution in [2.75, 3.05) is 19.6 Å². The standard InChI is InChI=1S/C14H19ClN2OS/c15-12-5-8-19-13(12)14(18)17-6-3-11(4-7-17)16-9-10-1-2-10/h5,8,10-11,16H,1-4,6-7,9H2. The van der Waals surface area contributed by atoms with E-state index in [0.717, 1.165) is 38.4 Å². The summed E-state index contributed by atoms with van der Waals surface area (Å²) in [6.45, 7) is 2.85. The summed E-state index contributed by atoms with van der Waals surface area (Å²) >= 11 is 7.46. The number of likely N-dealkylation sites (tertiary alicyclic amines) is 1. The van der Waals surface area contributed by atoms with Gasteiger partial charge in [0.05, 0.1) is 5.02 Å². The Morgan fingerprint density at radius 3 is 2.68 bits per heavy atom. The van der Waals surface area contributed by atoms with Crippen LogP contribution in [0.5, 0.6) is 0 Å². The quantitative estimate of drug-likeness (QED) is 0.927. The predicted octanol–water partition coefficient (Wildman–Crippen LogP) is 3.01. The lowest BCUT2D eigenvalue weighted by Gasteiger charge is -2.32. The zero-order chi connectivity index (χ0) is 13.2. The minimum atomic E-state index is 0.0978. The number of carbonyl (C=O) groups is 1. The first-order valence-electron chi connectivity index (χ1n) is 6.99. The second kappa shape index (κ2) is 5.81. The van der Waals surface area contributed by atoms with Gasteiger partial charge in [-0.1, -0.05) is 11.6 Å². The van der Waals surface area contributed by atoms with E-state index in [0.29, 0.717) is 15.9 Å². The number of hydrogen-bond donors (Lipinski definition) is 1. The van der Waals surface area contributed by atoms with E-state index in [2.05, 4.69) is 5.32 Å². The van der Waals surface area contributed by atoms with Crippen molar-refractivity contribution >= 4 is 28.8 Å². The second-order valence-electron chi connectivity index (χ2n) is 5.52. The Hall–Kier alpha value is -0.580. The Morgan fingerprint density at radius 2 is 2.11 bits per heavy atom. The first kappa shape index (κ1) is 13.4. The third kappa shape index (κ3) is 3.30. The average molecular weight is 299 g/mol. The van der Waals surface area contributed by atoms with Crippen molar-refractivity contribution < 1.29 is 4.79 Å². The predicted molar refractivity (Wildman–Crippen MR) is 79.0 cm³/mol. The molecule has 2 fully saturated rings. The van der Waals surface area contributed by atoms with Crippen LogP contribution in [-0.2, 0) is 0 Å². The normalized spacial score (nSPS) is 20.8. The Balaban J connectivity index is 1.49. The van der Waals surface area contributed by atoms with Gasteiger partial charge in [-0.25, -0.2) is 0 Å². The molecule has 104 valence electrons. The summed E-state index contributed by atoms with van der Waals surface area (Å²) in [5.41, 5.74) is 0. The van der Waals surface area contributed by atoms with Gasteiger partial charge < -0.3 is 10.2 Å². The van der Waals surface area contributed by atoms with Gasteiger partial charge in [-0.05, 0) is 49.6 Å². The van der Waals surface area contributed by atoms with E-state index >= 15 is 0 Å². The molecule has 1 saturated heterocycles. The van der Waals surface area contributed by atoms with Crippen molar-refractivity contribution in [3.05, 3.63) is 21.3 Å². The molecule has 1 aliphatic heterocycles. The van der Waals surface area contributed by atoms with Crippen LogP contribution >= 0.6 is 22.9 Å². The van der Waals surface area contributed by atoms with Crippen molar-refractivity contribution in [2.24, 2.45) is 5.92 Å². The molecule has 3 nitrogen and oxygen atoms in total. The van der Waals surface area contributed by atoms with Crippen LogP contribution in [0, 0.1) is 5.92 Å². The molecule has 1 aliphatic carbocycles. The molecule has 0 atom stereocenters. The summed E-state index contributed by atoms with van der Waals surface area (Å²) in [4.78, 5) is 14.9. The molecule has 0 bridgehead atoms. The van der Waals surface area contributed by atoms with Gasteiger partial charge in [0.25, 0.3) is 5.91 Å². The van der Waals surface area contributed by atoms with E-state index in [-0.39, 0.29) is 5.91 Å². The van der Waals surface area contributed by atoms with Crippen molar-refractivity contribution in [1.29, 1.82) is 0 Å². The second-order valence-corrected chi connectivity index (χ2v) is 6.84. The van der Waals surface area contributed by atoms with Gasteiger partial charge >= 0.3 is 0 Å². The van der Waals surface area contributed by atoms with Gasteiger partial charge in [-0.15, -0.1) is 11.3 Å². The first-order valence-corrected chi connectivity index (χ1v) is 8.25. The van der Waals surface area contributed by atoms with Crippen LogP contribution in [0.25, 0.3) is 0 Å². The molecule has 2 aliphatic rings. The number of halogens is 1. The highest BCUT2D eigenvalue weighted by Crippen LogP contribution is 2.28. The van der Waals surface area contributed by atoms with Crippen LogP contribution in [-0.4, -0.2) is 36.5 Å². The number of amides is 1. The lowest BCUT2D eigenvalue weighted by atomic mass is 10.0. The monoisotopic (exact) mass is 298 g/mol. The molecule has 1 aromatic heterocycles. The molecule has 0 aromatic carbocycles. The lowest BCUT2D eigenvalue weighted by Crippen LogP contribution is -2.45. The number of nitrogens with one attached hydrogen (secondary N) is 1. The Kier molecular flexibility index (Phi) is 4.10. The number of thiophene rings is 1. The lowest BCUT2D eigenvalue weighted by molar-refractivity contribution is 0.0710. The maximum absolute atomic E-state index is 12.3. The van der Waals surface area contributed by atoms with E-state index in [4.69, 9.17) is 11.6 Å². The summed E-state index contributed by atoms with van der Waals surface area (Å²) in [5.74, 6) is 1.02. The van der Waals surface area contributed by atoms with Crippen LogP contribution in [0.1, 0.15) is 35.4 Å². The Labute approximate surface area is 122 Å². The van der Waals surface area contributed by atoms with Gasteiger partial charge in [0.2, 0.25) is 0 Å². The molecule has 5 heteroatoms. The average Bonchev–Trinajstić information content (AvgIpc) is 3.17. The van der Waals surface area contributed by atoms with E-state index in [9.17, 15) is 4.79 Å². The van der Waals surface area contributed by atoms with E-state index in [1.807, 2.05) is 10.3 Å². The fourth-order valence-corrected chi connectivity index (χ4v) is 3.63. The fraction of sp³-hybridized carbons (Fsp3) is 0.643. The number of nitrogens with zero attached hydrogens (tertiary/aromatic N) is 1. The summed E-state index contributed by atoms with van der Waals surface area (Å²) in [6.07, 6.45) is 4.89. The number of hydrogen-bond acceptors (Lipinski definition) is 3. The molecular formula is C14H19ClN2OS. The maximum atomic E-state index is 12.3. The van der Waals surface area contributed by atoms with Crippen molar-refractivity contribution in [1.82, 2.24) is 10.2 Å². The molecule has 1 saturated carbocycles. The maximum Gasteiger partial charge on any atom is 0.265 e. The minimum absolute atomic E-state index is 0.0978.